The highest BCUT2D eigenvalue weighted by Crippen LogP contribution is 2.71. The van der Waals surface area contributed by atoms with Gasteiger partial charge in [0.05, 0.1) is 4.83 Å². The van der Waals surface area contributed by atoms with Gasteiger partial charge in [0.25, 0.3) is 0 Å². The second-order valence-electron chi connectivity index (χ2n) is 13.2. The maximum absolute atomic E-state index is 12.6. The molecule has 0 saturated heterocycles. The predicted molar refractivity (Wildman–Crippen MR) is 131 cm³/mol. The number of carbonyl (C=O) groups is 1. The SMILES string of the molecule is CC(C)CCC[C@H](C)[C@H]1CC[C@H]2[C@H]3CC[C@@]4(C)CC(=O)[C@H](Br)C[C@]4(C)[C@@H]3CC[C@]12C. The smallest absolute Gasteiger partial charge is 0.147 e. The van der Waals surface area contributed by atoms with E-state index in [-0.39, 0.29) is 10.2 Å². The van der Waals surface area contributed by atoms with Crippen LogP contribution in [-0.2, 0) is 4.79 Å². The van der Waals surface area contributed by atoms with Crippen LogP contribution in [0.2, 0.25) is 0 Å². The molecule has 9 atom stereocenters. The number of hydrogen-bond donors (Lipinski definition) is 0. The van der Waals surface area contributed by atoms with E-state index in [1.165, 1.54) is 57.8 Å². The lowest BCUT2D eigenvalue weighted by Crippen LogP contribution is -2.59. The molecule has 4 aliphatic carbocycles. The van der Waals surface area contributed by atoms with Crippen molar-refractivity contribution in [2.24, 2.45) is 51.8 Å². The Morgan fingerprint density at radius 3 is 2.40 bits per heavy atom. The quantitative estimate of drug-likeness (QED) is 0.362. The Labute approximate surface area is 195 Å². The Morgan fingerprint density at radius 1 is 0.967 bits per heavy atom. The van der Waals surface area contributed by atoms with Crippen molar-refractivity contribution in [3.8, 4) is 0 Å². The zero-order valence-corrected chi connectivity index (χ0v) is 22.2. The number of ketones is 1. The maximum atomic E-state index is 12.6. The summed E-state index contributed by atoms with van der Waals surface area (Å²) in [6.07, 6.45) is 14.6. The molecular formula is C28H47BrO. The lowest BCUT2D eigenvalue weighted by Gasteiger charge is -2.65. The van der Waals surface area contributed by atoms with Gasteiger partial charge in [-0.25, -0.2) is 0 Å². The normalized spacial score (nSPS) is 49.5. The number of halogens is 1. The Hall–Kier alpha value is 0.150. The molecule has 4 fully saturated rings. The molecule has 0 aromatic carbocycles. The molecule has 0 bridgehead atoms. The number of carbonyl (C=O) groups excluding carboxylic acids is 1. The molecule has 4 rings (SSSR count). The lowest BCUT2D eigenvalue weighted by molar-refractivity contribution is -0.162. The van der Waals surface area contributed by atoms with Gasteiger partial charge in [0.1, 0.15) is 5.78 Å². The van der Waals surface area contributed by atoms with Crippen molar-refractivity contribution < 1.29 is 4.79 Å². The van der Waals surface area contributed by atoms with Crippen LogP contribution < -0.4 is 0 Å². The molecular weight excluding hydrogens is 432 g/mol. The van der Waals surface area contributed by atoms with E-state index < -0.39 is 0 Å². The van der Waals surface area contributed by atoms with Crippen molar-refractivity contribution in [2.75, 3.05) is 0 Å². The van der Waals surface area contributed by atoms with E-state index in [2.05, 4.69) is 57.5 Å². The highest BCUT2D eigenvalue weighted by Gasteiger charge is 2.64. The first-order valence-corrected chi connectivity index (χ1v) is 14.1. The largest absolute Gasteiger partial charge is 0.298 e. The van der Waals surface area contributed by atoms with Crippen LogP contribution >= 0.6 is 15.9 Å². The summed E-state index contributed by atoms with van der Waals surface area (Å²) in [5.41, 5.74) is 1.13. The Kier molecular flexibility index (Phi) is 6.35. The number of alkyl halides is 1. The van der Waals surface area contributed by atoms with Crippen LogP contribution in [0.4, 0.5) is 0 Å². The topological polar surface area (TPSA) is 17.1 Å². The summed E-state index contributed by atoms with van der Waals surface area (Å²) >= 11 is 3.77. The third kappa shape index (κ3) is 3.58. The minimum atomic E-state index is 0.0972. The molecule has 0 aliphatic heterocycles. The van der Waals surface area contributed by atoms with Crippen molar-refractivity contribution in [3.63, 3.8) is 0 Å². The molecule has 1 nitrogen and oxygen atoms in total. The average molecular weight is 480 g/mol. The fourth-order valence-corrected chi connectivity index (χ4v) is 10.2. The van der Waals surface area contributed by atoms with Crippen LogP contribution in [0.15, 0.2) is 0 Å². The van der Waals surface area contributed by atoms with Gasteiger partial charge in [-0.1, -0.05) is 76.7 Å². The third-order valence-corrected chi connectivity index (χ3v) is 12.2. The maximum Gasteiger partial charge on any atom is 0.147 e. The van der Waals surface area contributed by atoms with Gasteiger partial charge in [-0.2, -0.15) is 0 Å². The number of hydrogen-bond acceptors (Lipinski definition) is 1. The number of fused-ring (bicyclic) bond motifs is 5. The van der Waals surface area contributed by atoms with Crippen LogP contribution in [0.1, 0.15) is 112 Å². The number of rotatable bonds is 5. The van der Waals surface area contributed by atoms with E-state index in [0.29, 0.717) is 16.6 Å². The van der Waals surface area contributed by atoms with Crippen LogP contribution in [0, 0.1) is 51.8 Å². The summed E-state index contributed by atoms with van der Waals surface area (Å²) < 4.78 is 0. The van der Waals surface area contributed by atoms with E-state index >= 15 is 0 Å². The molecule has 0 radical (unpaired) electrons. The van der Waals surface area contributed by atoms with Crippen molar-refractivity contribution in [3.05, 3.63) is 0 Å². The van der Waals surface area contributed by atoms with Crippen molar-refractivity contribution in [1.82, 2.24) is 0 Å². The summed E-state index contributed by atoms with van der Waals surface area (Å²) in [6.45, 7) is 15.0. The van der Waals surface area contributed by atoms with Gasteiger partial charge in [-0.05, 0) is 96.7 Å². The molecule has 0 aromatic heterocycles. The summed E-state index contributed by atoms with van der Waals surface area (Å²) in [5.74, 6) is 5.80. The molecule has 4 saturated carbocycles. The lowest BCUT2D eigenvalue weighted by atomic mass is 9.40. The van der Waals surface area contributed by atoms with E-state index in [0.717, 1.165) is 48.3 Å². The van der Waals surface area contributed by atoms with Crippen molar-refractivity contribution >= 4 is 21.7 Å². The van der Waals surface area contributed by atoms with Gasteiger partial charge in [0.2, 0.25) is 0 Å². The fraction of sp³-hybridized carbons (Fsp3) is 0.964. The first-order valence-electron chi connectivity index (χ1n) is 13.2. The van der Waals surface area contributed by atoms with E-state index in [9.17, 15) is 4.79 Å². The van der Waals surface area contributed by atoms with Gasteiger partial charge in [0, 0.05) is 6.42 Å². The number of Topliss-reactive ketones (excluding diaryl/α,β-unsaturated/α-hetero) is 1. The summed E-state index contributed by atoms with van der Waals surface area (Å²) in [5, 5.41) is 0. The van der Waals surface area contributed by atoms with Gasteiger partial charge in [0.15, 0.2) is 0 Å². The summed E-state index contributed by atoms with van der Waals surface area (Å²) in [6, 6.07) is 0. The summed E-state index contributed by atoms with van der Waals surface area (Å²) in [4.78, 5) is 12.7. The van der Waals surface area contributed by atoms with Crippen LogP contribution in [0.3, 0.4) is 0 Å². The standard InChI is InChI=1S/C28H47BrO/c1-18(2)8-7-9-19(3)21-10-11-22-20-12-14-26(4)17-25(30)24(29)16-28(26,6)23(20)13-15-27(21,22)5/h18-24H,7-17H2,1-6H3/t19-,20+,21+,22-,23+,24+,26-,27+,28+/m0/s1. The van der Waals surface area contributed by atoms with Crippen LogP contribution in [0.5, 0.6) is 0 Å². The first-order chi connectivity index (χ1) is 14.0. The first kappa shape index (κ1) is 23.3. The molecule has 30 heavy (non-hydrogen) atoms. The highest BCUT2D eigenvalue weighted by molar-refractivity contribution is 9.10. The molecule has 4 aliphatic rings. The van der Waals surface area contributed by atoms with E-state index in [4.69, 9.17) is 0 Å². The summed E-state index contributed by atoms with van der Waals surface area (Å²) in [7, 11) is 0. The molecule has 0 aromatic rings. The van der Waals surface area contributed by atoms with E-state index in [1.807, 2.05) is 0 Å². The van der Waals surface area contributed by atoms with Gasteiger partial charge >= 0.3 is 0 Å². The minimum Gasteiger partial charge on any atom is -0.298 e. The third-order valence-electron chi connectivity index (χ3n) is 11.4. The fourth-order valence-electron chi connectivity index (χ4n) is 9.39. The molecule has 2 heteroatoms. The minimum absolute atomic E-state index is 0.0972. The monoisotopic (exact) mass is 478 g/mol. The second-order valence-corrected chi connectivity index (χ2v) is 14.3. The van der Waals surface area contributed by atoms with Gasteiger partial charge in [-0.3, -0.25) is 4.79 Å². The van der Waals surface area contributed by atoms with Gasteiger partial charge < -0.3 is 0 Å². The van der Waals surface area contributed by atoms with E-state index in [1.54, 1.807) is 0 Å². The Balaban J connectivity index is 1.52. The predicted octanol–water partition coefficient (Wildman–Crippen LogP) is 8.44. The van der Waals surface area contributed by atoms with Crippen molar-refractivity contribution in [2.45, 2.75) is 117 Å². The van der Waals surface area contributed by atoms with Gasteiger partial charge in [-0.15, -0.1) is 0 Å². The molecule has 0 spiro atoms. The highest BCUT2D eigenvalue weighted by atomic mass is 79.9. The zero-order chi connectivity index (χ0) is 21.9. The Bertz CT molecular complexity index is 657. The molecule has 0 amide bonds. The molecule has 172 valence electrons. The zero-order valence-electron chi connectivity index (χ0n) is 20.6. The second kappa shape index (κ2) is 8.18. The van der Waals surface area contributed by atoms with Crippen molar-refractivity contribution in [1.29, 1.82) is 0 Å². The molecule has 0 heterocycles. The van der Waals surface area contributed by atoms with Crippen LogP contribution in [0.25, 0.3) is 0 Å². The molecule has 0 unspecified atom stereocenters. The Morgan fingerprint density at radius 2 is 1.70 bits per heavy atom. The molecule has 0 N–H and O–H groups in total. The average Bonchev–Trinajstić information content (AvgIpc) is 3.01. The van der Waals surface area contributed by atoms with Crippen LogP contribution in [-0.4, -0.2) is 10.6 Å².